The minimum absolute atomic E-state index is 0.764. The van der Waals surface area contributed by atoms with Gasteiger partial charge in [-0.3, -0.25) is 0 Å². The number of hydrogen-bond acceptors (Lipinski definition) is 2. The van der Waals surface area contributed by atoms with Crippen molar-refractivity contribution in [1.29, 1.82) is 0 Å². The van der Waals surface area contributed by atoms with Gasteiger partial charge < -0.3 is 5.32 Å². The van der Waals surface area contributed by atoms with E-state index in [2.05, 4.69) is 48.3 Å². The number of thioether (sulfide) groups is 1. The standard InChI is InChI=1S/C13H19NS/c1-11-3-2-4-12(9-11)5-7-14-13-6-8-15-10-13/h2-4,9,13-14H,5-8,10H2,1H3/t13-/m0/s1. The van der Waals surface area contributed by atoms with Gasteiger partial charge in [0, 0.05) is 11.8 Å². The van der Waals surface area contributed by atoms with Crippen LogP contribution in [0.1, 0.15) is 17.5 Å². The van der Waals surface area contributed by atoms with E-state index in [1.807, 2.05) is 0 Å². The van der Waals surface area contributed by atoms with Crippen LogP contribution in [0.25, 0.3) is 0 Å². The number of rotatable bonds is 4. The molecule has 82 valence electrons. The van der Waals surface area contributed by atoms with Gasteiger partial charge in [-0.05, 0) is 37.6 Å². The highest BCUT2D eigenvalue weighted by molar-refractivity contribution is 7.99. The Balaban J connectivity index is 1.73. The van der Waals surface area contributed by atoms with Crippen LogP contribution >= 0.6 is 11.8 Å². The molecule has 0 aliphatic carbocycles. The number of nitrogens with one attached hydrogen (secondary N) is 1. The largest absolute Gasteiger partial charge is 0.313 e. The quantitative estimate of drug-likeness (QED) is 0.839. The Morgan fingerprint density at radius 3 is 3.13 bits per heavy atom. The van der Waals surface area contributed by atoms with Crippen LogP contribution in [0.15, 0.2) is 24.3 Å². The molecule has 1 saturated heterocycles. The Hall–Kier alpha value is -0.470. The van der Waals surface area contributed by atoms with Crippen LogP contribution in [0.5, 0.6) is 0 Å². The Morgan fingerprint density at radius 1 is 1.47 bits per heavy atom. The molecule has 1 aromatic rings. The number of hydrogen-bond donors (Lipinski definition) is 1. The van der Waals surface area contributed by atoms with Crippen LogP contribution < -0.4 is 5.32 Å². The average molecular weight is 221 g/mol. The van der Waals surface area contributed by atoms with Crippen LogP contribution in [0, 0.1) is 6.92 Å². The topological polar surface area (TPSA) is 12.0 Å². The van der Waals surface area contributed by atoms with Crippen molar-refractivity contribution in [2.45, 2.75) is 25.8 Å². The number of aryl methyl sites for hydroxylation is 1. The van der Waals surface area contributed by atoms with Crippen LogP contribution in [0.3, 0.4) is 0 Å². The monoisotopic (exact) mass is 221 g/mol. The summed E-state index contributed by atoms with van der Waals surface area (Å²) >= 11 is 2.07. The molecule has 1 aromatic carbocycles. The molecule has 2 heteroatoms. The molecule has 0 amide bonds. The van der Waals surface area contributed by atoms with E-state index in [1.54, 1.807) is 0 Å². The van der Waals surface area contributed by atoms with Gasteiger partial charge >= 0.3 is 0 Å². The molecule has 0 spiro atoms. The van der Waals surface area contributed by atoms with Crippen molar-refractivity contribution in [3.8, 4) is 0 Å². The predicted octanol–water partition coefficient (Wildman–Crippen LogP) is 2.63. The van der Waals surface area contributed by atoms with E-state index >= 15 is 0 Å². The molecule has 1 atom stereocenters. The lowest BCUT2D eigenvalue weighted by molar-refractivity contribution is 0.560. The normalized spacial score (nSPS) is 20.7. The highest BCUT2D eigenvalue weighted by Gasteiger charge is 2.13. The lowest BCUT2D eigenvalue weighted by Crippen LogP contribution is -2.30. The highest BCUT2D eigenvalue weighted by atomic mass is 32.2. The van der Waals surface area contributed by atoms with E-state index in [0.29, 0.717) is 0 Å². The maximum Gasteiger partial charge on any atom is 0.0166 e. The fraction of sp³-hybridized carbons (Fsp3) is 0.538. The van der Waals surface area contributed by atoms with Gasteiger partial charge in [-0.2, -0.15) is 11.8 Å². The van der Waals surface area contributed by atoms with Crippen molar-refractivity contribution in [2.75, 3.05) is 18.1 Å². The third-order valence-corrected chi connectivity index (χ3v) is 4.02. The fourth-order valence-corrected chi connectivity index (χ4v) is 3.17. The zero-order valence-corrected chi connectivity index (χ0v) is 10.1. The van der Waals surface area contributed by atoms with Crippen molar-refractivity contribution in [3.05, 3.63) is 35.4 Å². The molecule has 1 aliphatic rings. The summed E-state index contributed by atoms with van der Waals surface area (Å²) in [5, 5.41) is 3.63. The van der Waals surface area contributed by atoms with Crippen LogP contribution in [-0.2, 0) is 6.42 Å². The zero-order chi connectivity index (χ0) is 10.5. The molecule has 1 aliphatic heterocycles. The van der Waals surface area contributed by atoms with Gasteiger partial charge in [0.05, 0.1) is 0 Å². The minimum atomic E-state index is 0.764. The smallest absolute Gasteiger partial charge is 0.0166 e. The van der Waals surface area contributed by atoms with Crippen molar-refractivity contribution in [3.63, 3.8) is 0 Å². The van der Waals surface area contributed by atoms with Gasteiger partial charge in [0.25, 0.3) is 0 Å². The van der Waals surface area contributed by atoms with Crippen molar-refractivity contribution < 1.29 is 0 Å². The molecule has 0 radical (unpaired) electrons. The molecule has 0 saturated carbocycles. The summed E-state index contributed by atoms with van der Waals surface area (Å²) in [7, 11) is 0. The Morgan fingerprint density at radius 2 is 2.40 bits per heavy atom. The lowest BCUT2D eigenvalue weighted by atomic mass is 10.1. The van der Waals surface area contributed by atoms with Gasteiger partial charge in [-0.1, -0.05) is 29.8 Å². The van der Waals surface area contributed by atoms with Crippen LogP contribution in [-0.4, -0.2) is 24.1 Å². The third-order valence-electron chi connectivity index (χ3n) is 2.86. The zero-order valence-electron chi connectivity index (χ0n) is 9.33. The summed E-state index contributed by atoms with van der Waals surface area (Å²) in [4.78, 5) is 0. The van der Waals surface area contributed by atoms with Crippen LogP contribution in [0.2, 0.25) is 0 Å². The molecule has 0 aromatic heterocycles. The second-order valence-electron chi connectivity index (χ2n) is 4.25. The maximum absolute atomic E-state index is 3.63. The van der Waals surface area contributed by atoms with E-state index in [9.17, 15) is 0 Å². The second-order valence-corrected chi connectivity index (χ2v) is 5.40. The van der Waals surface area contributed by atoms with Gasteiger partial charge in [0.15, 0.2) is 0 Å². The first kappa shape index (κ1) is 11.0. The van der Waals surface area contributed by atoms with E-state index < -0.39 is 0 Å². The summed E-state index contributed by atoms with van der Waals surface area (Å²) in [6, 6.07) is 9.57. The van der Waals surface area contributed by atoms with Gasteiger partial charge in [0.2, 0.25) is 0 Å². The van der Waals surface area contributed by atoms with E-state index in [1.165, 1.54) is 29.1 Å². The fourth-order valence-electron chi connectivity index (χ4n) is 1.98. The first-order chi connectivity index (χ1) is 7.34. The second kappa shape index (κ2) is 5.57. The summed E-state index contributed by atoms with van der Waals surface area (Å²) < 4.78 is 0. The van der Waals surface area contributed by atoms with E-state index in [-0.39, 0.29) is 0 Å². The minimum Gasteiger partial charge on any atom is -0.313 e. The summed E-state index contributed by atoms with van der Waals surface area (Å²) in [6.45, 7) is 3.28. The molecule has 15 heavy (non-hydrogen) atoms. The molecular formula is C13H19NS. The van der Waals surface area contributed by atoms with E-state index in [0.717, 1.165) is 19.0 Å². The van der Waals surface area contributed by atoms with E-state index in [4.69, 9.17) is 0 Å². The van der Waals surface area contributed by atoms with Crippen LogP contribution in [0.4, 0.5) is 0 Å². The third kappa shape index (κ3) is 3.54. The van der Waals surface area contributed by atoms with Gasteiger partial charge in [-0.15, -0.1) is 0 Å². The molecule has 1 fully saturated rings. The van der Waals surface area contributed by atoms with Crippen molar-refractivity contribution >= 4 is 11.8 Å². The Kier molecular flexibility index (Phi) is 4.09. The summed E-state index contributed by atoms with van der Waals surface area (Å²) in [5.74, 6) is 2.63. The SMILES string of the molecule is Cc1cccc(CCN[C@H]2CCSC2)c1. The summed E-state index contributed by atoms with van der Waals surface area (Å²) in [6.07, 6.45) is 2.50. The number of benzene rings is 1. The Labute approximate surface area is 96.7 Å². The average Bonchev–Trinajstić information content (AvgIpc) is 2.71. The molecule has 1 N–H and O–H groups in total. The Bertz CT molecular complexity index is 305. The first-order valence-electron chi connectivity index (χ1n) is 5.71. The molecule has 1 heterocycles. The summed E-state index contributed by atoms with van der Waals surface area (Å²) in [5.41, 5.74) is 2.82. The van der Waals surface area contributed by atoms with Gasteiger partial charge in [0.1, 0.15) is 0 Å². The molecule has 2 rings (SSSR count). The van der Waals surface area contributed by atoms with Crippen molar-refractivity contribution in [2.24, 2.45) is 0 Å². The van der Waals surface area contributed by atoms with Crippen molar-refractivity contribution in [1.82, 2.24) is 5.32 Å². The molecular weight excluding hydrogens is 202 g/mol. The maximum atomic E-state index is 3.63. The predicted molar refractivity (Wildman–Crippen MR) is 68.6 cm³/mol. The highest BCUT2D eigenvalue weighted by Crippen LogP contribution is 2.16. The first-order valence-corrected chi connectivity index (χ1v) is 6.87. The molecule has 0 bridgehead atoms. The molecule has 0 unspecified atom stereocenters. The van der Waals surface area contributed by atoms with Gasteiger partial charge in [-0.25, -0.2) is 0 Å². The molecule has 1 nitrogen and oxygen atoms in total. The lowest BCUT2D eigenvalue weighted by Gasteiger charge is -2.10.